The fraction of sp³-hybridized carbons (Fsp3) is 0.688. The Morgan fingerprint density at radius 3 is 1.80 bits per heavy atom. The summed E-state index contributed by atoms with van der Waals surface area (Å²) in [5.74, 6) is -4.26. The van der Waals surface area contributed by atoms with Crippen molar-refractivity contribution in [1.82, 2.24) is 16.0 Å². The second-order valence-electron chi connectivity index (χ2n) is 6.28. The molecule has 0 spiro atoms. The molecular formula is C16H29N5O8S. The molecular weight excluding hydrogens is 422 g/mol. The first-order valence-corrected chi connectivity index (χ1v) is 10.3. The van der Waals surface area contributed by atoms with Crippen molar-refractivity contribution in [1.29, 1.82) is 0 Å². The number of hydrogen-bond donors (Lipinski definition) is 8. The largest absolute Gasteiger partial charge is 0.480 e. The molecule has 13 nitrogen and oxygen atoms in total. The van der Waals surface area contributed by atoms with Crippen LogP contribution >= 0.6 is 11.8 Å². The minimum Gasteiger partial charge on any atom is -0.480 e. The highest BCUT2D eigenvalue weighted by molar-refractivity contribution is 7.98. The van der Waals surface area contributed by atoms with Gasteiger partial charge in [0.15, 0.2) is 0 Å². The molecule has 0 rings (SSSR count). The second-order valence-corrected chi connectivity index (χ2v) is 7.27. The summed E-state index contributed by atoms with van der Waals surface area (Å²) in [6.45, 7) is -1.52. The Morgan fingerprint density at radius 1 is 0.867 bits per heavy atom. The van der Waals surface area contributed by atoms with Gasteiger partial charge in [0.05, 0.1) is 13.2 Å². The molecule has 0 aromatic carbocycles. The van der Waals surface area contributed by atoms with E-state index >= 15 is 0 Å². The second kappa shape index (κ2) is 14.5. The summed E-state index contributed by atoms with van der Waals surface area (Å²) >= 11 is 1.37. The fourth-order valence-electron chi connectivity index (χ4n) is 2.15. The first-order chi connectivity index (χ1) is 14.1. The first-order valence-electron chi connectivity index (χ1n) is 8.95. The van der Waals surface area contributed by atoms with Gasteiger partial charge in [0.2, 0.25) is 23.6 Å². The summed E-state index contributed by atoms with van der Waals surface area (Å²) < 4.78 is 0. The van der Waals surface area contributed by atoms with E-state index in [1.165, 1.54) is 11.8 Å². The standard InChI is InChI=1S/C16H29N5O8S/c1-30-5-4-10(15(27)21-11(7-23)16(28)29)20-14(26)9(2-3-12(18)24)19-13(25)8(17)6-22/h8-11,22-23H,2-7,17H2,1H3,(H2,18,24)(H,19,25)(H,20,26)(H,21,27)(H,28,29). The van der Waals surface area contributed by atoms with Crippen LogP contribution in [0.5, 0.6) is 0 Å². The van der Waals surface area contributed by atoms with Crippen molar-refractivity contribution < 1.29 is 39.3 Å². The molecule has 4 amide bonds. The van der Waals surface area contributed by atoms with Gasteiger partial charge >= 0.3 is 5.97 Å². The number of aliphatic hydroxyl groups excluding tert-OH is 2. The molecule has 0 aromatic heterocycles. The molecule has 0 fully saturated rings. The highest BCUT2D eigenvalue weighted by atomic mass is 32.2. The summed E-state index contributed by atoms with van der Waals surface area (Å²) in [5.41, 5.74) is 10.5. The highest BCUT2D eigenvalue weighted by Gasteiger charge is 2.30. The number of rotatable bonds is 15. The average Bonchev–Trinajstić information content (AvgIpc) is 2.70. The first kappa shape index (κ1) is 27.6. The number of aliphatic carboxylic acids is 1. The number of amides is 4. The third-order valence-electron chi connectivity index (χ3n) is 3.89. The van der Waals surface area contributed by atoms with Crippen LogP contribution < -0.4 is 27.4 Å². The normalized spacial score (nSPS) is 14.7. The van der Waals surface area contributed by atoms with E-state index in [1.54, 1.807) is 6.26 Å². The molecule has 10 N–H and O–H groups in total. The number of thioether (sulfide) groups is 1. The van der Waals surface area contributed by atoms with Crippen LogP contribution in [-0.2, 0) is 24.0 Å². The van der Waals surface area contributed by atoms with Crippen LogP contribution in [0.15, 0.2) is 0 Å². The van der Waals surface area contributed by atoms with Crippen LogP contribution in [0.4, 0.5) is 0 Å². The maximum atomic E-state index is 12.6. The molecule has 0 aliphatic heterocycles. The number of primary amides is 1. The quantitative estimate of drug-likeness (QED) is 0.120. The topological polar surface area (TPSA) is 234 Å². The van der Waals surface area contributed by atoms with Gasteiger partial charge in [-0.3, -0.25) is 19.2 Å². The minimum atomic E-state index is -1.56. The minimum absolute atomic E-state index is 0.128. The maximum absolute atomic E-state index is 12.6. The molecule has 172 valence electrons. The molecule has 4 atom stereocenters. The zero-order valence-electron chi connectivity index (χ0n) is 16.5. The number of carbonyl (C=O) groups excluding carboxylic acids is 4. The Kier molecular flexibility index (Phi) is 13.4. The molecule has 0 saturated carbocycles. The molecule has 0 aliphatic rings. The summed E-state index contributed by atoms with van der Waals surface area (Å²) in [7, 11) is 0. The third-order valence-corrected chi connectivity index (χ3v) is 4.53. The van der Waals surface area contributed by atoms with Gasteiger partial charge in [-0.25, -0.2) is 4.79 Å². The van der Waals surface area contributed by atoms with Crippen molar-refractivity contribution in [3.8, 4) is 0 Å². The van der Waals surface area contributed by atoms with Crippen molar-refractivity contribution >= 4 is 41.4 Å². The summed E-state index contributed by atoms with van der Waals surface area (Å²) in [6.07, 6.45) is 1.45. The molecule has 4 unspecified atom stereocenters. The van der Waals surface area contributed by atoms with Crippen LogP contribution in [0.25, 0.3) is 0 Å². The van der Waals surface area contributed by atoms with E-state index in [-0.39, 0.29) is 19.3 Å². The third kappa shape index (κ3) is 10.4. The van der Waals surface area contributed by atoms with E-state index in [0.29, 0.717) is 5.75 Å². The number of aliphatic hydroxyl groups is 2. The van der Waals surface area contributed by atoms with Gasteiger partial charge < -0.3 is 42.7 Å². The monoisotopic (exact) mass is 451 g/mol. The van der Waals surface area contributed by atoms with E-state index in [0.717, 1.165) is 0 Å². The van der Waals surface area contributed by atoms with Gasteiger partial charge in [0.1, 0.15) is 24.2 Å². The Balaban J connectivity index is 5.36. The lowest BCUT2D eigenvalue weighted by atomic mass is 10.1. The molecule has 0 bridgehead atoms. The van der Waals surface area contributed by atoms with Gasteiger partial charge in [-0.05, 0) is 24.9 Å². The number of nitrogens with one attached hydrogen (secondary N) is 3. The summed E-state index contributed by atoms with van der Waals surface area (Å²) in [4.78, 5) is 59.0. The van der Waals surface area contributed by atoms with Gasteiger partial charge in [0, 0.05) is 6.42 Å². The van der Waals surface area contributed by atoms with Crippen molar-refractivity contribution in [2.45, 2.75) is 43.4 Å². The van der Waals surface area contributed by atoms with E-state index in [9.17, 15) is 24.0 Å². The molecule has 0 radical (unpaired) electrons. The number of carboxylic acids is 1. The number of carboxylic acid groups (broad SMARTS) is 1. The lowest BCUT2D eigenvalue weighted by molar-refractivity contribution is -0.143. The molecule has 0 aliphatic carbocycles. The maximum Gasteiger partial charge on any atom is 0.328 e. The van der Waals surface area contributed by atoms with Gasteiger partial charge in [-0.15, -0.1) is 0 Å². The number of carbonyl (C=O) groups is 5. The predicted octanol–water partition coefficient (Wildman–Crippen LogP) is -4.14. The SMILES string of the molecule is CSCCC(NC(=O)C(CCC(N)=O)NC(=O)C(N)CO)C(=O)NC(CO)C(=O)O. The van der Waals surface area contributed by atoms with Crippen LogP contribution in [0.2, 0.25) is 0 Å². The summed E-state index contributed by atoms with van der Waals surface area (Å²) in [6, 6.07) is -5.30. The lowest BCUT2D eigenvalue weighted by Gasteiger charge is -2.24. The van der Waals surface area contributed by atoms with Crippen molar-refractivity contribution in [3.05, 3.63) is 0 Å². The smallest absolute Gasteiger partial charge is 0.328 e. The summed E-state index contributed by atoms with van der Waals surface area (Å²) in [5, 5.41) is 33.8. The Labute approximate surface area is 177 Å². The van der Waals surface area contributed by atoms with Crippen molar-refractivity contribution in [3.63, 3.8) is 0 Å². The Morgan fingerprint density at radius 2 is 1.37 bits per heavy atom. The van der Waals surface area contributed by atoms with E-state index in [1.807, 2.05) is 0 Å². The van der Waals surface area contributed by atoms with Crippen LogP contribution in [0.3, 0.4) is 0 Å². The van der Waals surface area contributed by atoms with Crippen molar-refractivity contribution in [2.75, 3.05) is 25.2 Å². The average molecular weight is 452 g/mol. The predicted molar refractivity (Wildman–Crippen MR) is 107 cm³/mol. The van der Waals surface area contributed by atoms with E-state index < -0.39 is 67.0 Å². The molecule has 0 aromatic rings. The number of hydrogen-bond acceptors (Lipinski definition) is 9. The van der Waals surface area contributed by atoms with Crippen LogP contribution in [0.1, 0.15) is 19.3 Å². The van der Waals surface area contributed by atoms with Crippen molar-refractivity contribution in [2.24, 2.45) is 11.5 Å². The molecule has 14 heteroatoms. The van der Waals surface area contributed by atoms with E-state index in [4.69, 9.17) is 26.8 Å². The van der Waals surface area contributed by atoms with Gasteiger partial charge in [-0.1, -0.05) is 0 Å². The fourth-order valence-corrected chi connectivity index (χ4v) is 2.62. The zero-order chi connectivity index (χ0) is 23.3. The lowest BCUT2D eigenvalue weighted by Crippen LogP contribution is -2.58. The molecule has 0 heterocycles. The number of nitrogens with two attached hydrogens (primary N) is 2. The highest BCUT2D eigenvalue weighted by Crippen LogP contribution is 2.05. The van der Waals surface area contributed by atoms with Gasteiger partial charge in [-0.2, -0.15) is 11.8 Å². The Bertz CT molecular complexity index is 620. The zero-order valence-corrected chi connectivity index (χ0v) is 17.3. The van der Waals surface area contributed by atoms with E-state index in [2.05, 4.69) is 16.0 Å². The van der Waals surface area contributed by atoms with Gasteiger partial charge in [0.25, 0.3) is 0 Å². The molecule has 30 heavy (non-hydrogen) atoms. The Hall–Kier alpha value is -2.42. The van der Waals surface area contributed by atoms with Crippen LogP contribution in [0, 0.1) is 0 Å². The molecule has 0 saturated heterocycles. The van der Waals surface area contributed by atoms with Crippen LogP contribution in [-0.4, -0.2) is 94.3 Å².